The van der Waals surface area contributed by atoms with Gasteiger partial charge in [0.15, 0.2) is 0 Å². The van der Waals surface area contributed by atoms with E-state index in [1.165, 1.54) is 16.4 Å². The Labute approximate surface area is 119 Å². The molecule has 1 aliphatic heterocycles. The van der Waals surface area contributed by atoms with Gasteiger partial charge in [-0.2, -0.15) is 4.31 Å². The predicted octanol–water partition coefficient (Wildman–Crippen LogP) is 2.06. The molecule has 0 radical (unpaired) electrons. The van der Waals surface area contributed by atoms with Crippen LogP contribution in [0.25, 0.3) is 0 Å². The Balaban J connectivity index is 2.47. The van der Waals surface area contributed by atoms with Gasteiger partial charge >= 0.3 is 0 Å². The molecule has 0 bridgehead atoms. The van der Waals surface area contributed by atoms with Crippen molar-refractivity contribution in [2.45, 2.75) is 50.1 Å². The van der Waals surface area contributed by atoms with Crippen LogP contribution in [-0.4, -0.2) is 36.5 Å². The molecule has 0 aliphatic carbocycles. The Morgan fingerprint density at radius 1 is 1.40 bits per heavy atom. The normalized spacial score (nSPS) is 24.8. The van der Waals surface area contributed by atoms with Crippen molar-refractivity contribution in [1.82, 2.24) is 4.31 Å². The minimum atomic E-state index is -3.92. The molecule has 6 heteroatoms. The second-order valence-corrected chi connectivity index (χ2v) is 7.20. The van der Waals surface area contributed by atoms with E-state index in [4.69, 9.17) is 0 Å². The van der Waals surface area contributed by atoms with Crippen LogP contribution < -0.4 is 0 Å². The fraction of sp³-hybridized carbons (Fsp3) is 0.571. The number of benzene rings is 1. The molecule has 1 fully saturated rings. The van der Waals surface area contributed by atoms with Crippen molar-refractivity contribution in [3.63, 3.8) is 0 Å². The van der Waals surface area contributed by atoms with Gasteiger partial charge in [-0.05, 0) is 44.4 Å². The molecule has 1 aliphatic rings. The van der Waals surface area contributed by atoms with Crippen LogP contribution in [0.3, 0.4) is 0 Å². The number of halogens is 1. The van der Waals surface area contributed by atoms with Crippen molar-refractivity contribution in [3.8, 4) is 0 Å². The topological polar surface area (TPSA) is 57.6 Å². The highest BCUT2D eigenvalue weighted by Crippen LogP contribution is 2.30. The van der Waals surface area contributed by atoms with Crippen LogP contribution in [-0.2, 0) is 10.0 Å². The van der Waals surface area contributed by atoms with Crippen LogP contribution in [0.4, 0.5) is 4.39 Å². The minimum Gasteiger partial charge on any atom is -0.395 e. The van der Waals surface area contributed by atoms with Crippen LogP contribution >= 0.6 is 0 Å². The fourth-order valence-corrected chi connectivity index (χ4v) is 4.71. The van der Waals surface area contributed by atoms with Crippen LogP contribution in [0.5, 0.6) is 0 Å². The van der Waals surface area contributed by atoms with Gasteiger partial charge in [0, 0.05) is 12.1 Å². The lowest BCUT2D eigenvalue weighted by Crippen LogP contribution is -2.50. The molecule has 0 saturated carbocycles. The second kappa shape index (κ2) is 5.79. The third-order valence-electron chi connectivity index (χ3n) is 3.81. The van der Waals surface area contributed by atoms with Crippen LogP contribution in [0, 0.1) is 12.7 Å². The number of aryl methyl sites for hydroxylation is 1. The molecule has 1 aromatic rings. The van der Waals surface area contributed by atoms with Gasteiger partial charge in [-0.1, -0.05) is 12.5 Å². The van der Waals surface area contributed by atoms with E-state index >= 15 is 0 Å². The fourth-order valence-electron chi connectivity index (χ4n) is 2.80. The summed E-state index contributed by atoms with van der Waals surface area (Å²) >= 11 is 0. The number of hydrogen-bond donors (Lipinski definition) is 1. The molecule has 2 atom stereocenters. The minimum absolute atomic E-state index is 0.230. The summed E-state index contributed by atoms with van der Waals surface area (Å²) in [5, 5.41) is 9.40. The molecule has 2 rings (SSSR count). The molecule has 1 aromatic carbocycles. The SMILES string of the molecule is Cc1ccc(S(=O)(=O)N2[C@@H](CO)CCC[C@@H]2C)c(F)c1. The Morgan fingerprint density at radius 3 is 2.70 bits per heavy atom. The van der Waals surface area contributed by atoms with Gasteiger partial charge in [-0.25, -0.2) is 12.8 Å². The number of sulfonamides is 1. The molecule has 0 amide bonds. The number of nitrogens with zero attached hydrogens (tertiary/aromatic N) is 1. The molecule has 20 heavy (non-hydrogen) atoms. The Hall–Kier alpha value is -0.980. The number of aliphatic hydroxyl groups is 1. The third kappa shape index (κ3) is 2.73. The average Bonchev–Trinajstić information content (AvgIpc) is 2.37. The molecule has 1 heterocycles. The van der Waals surface area contributed by atoms with Crippen molar-refractivity contribution < 1.29 is 17.9 Å². The zero-order valence-electron chi connectivity index (χ0n) is 11.7. The largest absolute Gasteiger partial charge is 0.395 e. The van der Waals surface area contributed by atoms with Gasteiger partial charge < -0.3 is 5.11 Å². The molecule has 1 N–H and O–H groups in total. The monoisotopic (exact) mass is 301 g/mol. The highest BCUT2D eigenvalue weighted by atomic mass is 32.2. The summed E-state index contributed by atoms with van der Waals surface area (Å²) in [7, 11) is -3.92. The van der Waals surface area contributed by atoms with E-state index in [0.717, 1.165) is 12.8 Å². The van der Waals surface area contributed by atoms with Gasteiger partial charge in [-0.15, -0.1) is 0 Å². The van der Waals surface area contributed by atoms with Gasteiger partial charge in [0.25, 0.3) is 0 Å². The lowest BCUT2D eigenvalue weighted by molar-refractivity contribution is 0.122. The molecule has 112 valence electrons. The van der Waals surface area contributed by atoms with Crippen LogP contribution in [0.2, 0.25) is 0 Å². The number of rotatable bonds is 3. The molecular weight excluding hydrogens is 281 g/mol. The van der Waals surface area contributed by atoms with Crippen molar-refractivity contribution in [2.75, 3.05) is 6.61 Å². The smallest absolute Gasteiger partial charge is 0.246 e. The zero-order valence-corrected chi connectivity index (χ0v) is 12.5. The molecule has 4 nitrogen and oxygen atoms in total. The Kier molecular flexibility index (Phi) is 4.46. The van der Waals surface area contributed by atoms with Crippen molar-refractivity contribution in [1.29, 1.82) is 0 Å². The maximum absolute atomic E-state index is 14.0. The van der Waals surface area contributed by atoms with Gasteiger partial charge in [-0.3, -0.25) is 0 Å². The van der Waals surface area contributed by atoms with E-state index in [2.05, 4.69) is 0 Å². The van der Waals surface area contributed by atoms with E-state index in [-0.39, 0.29) is 17.5 Å². The molecule has 1 saturated heterocycles. The van der Waals surface area contributed by atoms with E-state index < -0.39 is 21.9 Å². The number of piperidine rings is 1. The number of aliphatic hydroxyl groups excluding tert-OH is 1. The zero-order chi connectivity index (χ0) is 14.9. The van der Waals surface area contributed by atoms with E-state index in [9.17, 15) is 17.9 Å². The van der Waals surface area contributed by atoms with E-state index in [1.807, 2.05) is 0 Å². The molecule has 0 spiro atoms. The first-order valence-electron chi connectivity index (χ1n) is 6.78. The highest BCUT2D eigenvalue weighted by molar-refractivity contribution is 7.89. The van der Waals surface area contributed by atoms with Crippen molar-refractivity contribution in [3.05, 3.63) is 29.6 Å². The standard InChI is InChI=1S/C14H20FNO3S/c1-10-6-7-14(13(15)8-10)20(18,19)16-11(2)4-3-5-12(16)9-17/h6-8,11-12,17H,3-5,9H2,1-2H3/t11-,12+/m0/s1. The van der Waals surface area contributed by atoms with Crippen molar-refractivity contribution in [2.24, 2.45) is 0 Å². The summed E-state index contributed by atoms with van der Waals surface area (Å²) in [4.78, 5) is -0.310. The summed E-state index contributed by atoms with van der Waals surface area (Å²) in [5.74, 6) is -0.737. The van der Waals surface area contributed by atoms with E-state index in [1.54, 1.807) is 19.9 Å². The van der Waals surface area contributed by atoms with Crippen molar-refractivity contribution >= 4 is 10.0 Å². The number of hydrogen-bond acceptors (Lipinski definition) is 3. The lowest BCUT2D eigenvalue weighted by atomic mass is 10.0. The highest BCUT2D eigenvalue weighted by Gasteiger charge is 2.38. The predicted molar refractivity (Wildman–Crippen MR) is 74.3 cm³/mol. The first-order valence-corrected chi connectivity index (χ1v) is 8.22. The Bertz CT molecular complexity index is 588. The van der Waals surface area contributed by atoms with Gasteiger partial charge in [0.2, 0.25) is 10.0 Å². The van der Waals surface area contributed by atoms with Crippen LogP contribution in [0.1, 0.15) is 31.7 Å². The quantitative estimate of drug-likeness (QED) is 0.929. The molecule has 0 aromatic heterocycles. The maximum atomic E-state index is 14.0. The summed E-state index contributed by atoms with van der Waals surface area (Å²) < 4.78 is 40.6. The van der Waals surface area contributed by atoms with Gasteiger partial charge in [0.1, 0.15) is 10.7 Å². The maximum Gasteiger partial charge on any atom is 0.246 e. The molecule has 0 unspecified atom stereocenters. The summed E-state index contributed by atoms with van der Waals surface area (Å²) in [6.07, 6.45) is 2.20. The van der Waals surface area contributed by atoms with Crippen LogP contribution in [0.15, 0.2) is 23.1 Å². The first kappa shape index (κ1) is 15.4. The second-order valence-electron chi connectivity index (χ2n) is 5.39. The summed E-state index contributed by atoms with van der Waals surface area (Å²) in [5.41, 5.74) is 0.673. The summed E-state index contributed by atoms with van der Waals surface area (Å²) in [6, 6.07) is 3.40. The van der Waals surface area contributed by atoms with Gasteiger partial charge in [0.05, 0.1) is 6.61 Å². The third-order valence-corrected chi connectivity index (χ3v) is 5.91. The summed E-state index contributed by atoms with van der Waals surface area (Å²) in [6.45, 7) is 3.27. The first-order chi connectivity index (χ1) is 9.37. The Morgan fingerprint density at radius 2 is 2.10 bits per heavy atom. The average molecular weight is 301 g/mol. The lowest BCUT2D eigenvalue weighted by Gasteiger charge is -2.38. The molecular formula is C14H20FNO3S. The van der Waals surface area contributed by atoms with E-state index in [0.29, 0.717) is 12.0 Å².